The molecular formula is C14H17Cl2NO2. The topological polar surface area (TPSA) is 40.5 Å². The number of carbonyl (C=O) groups excluding carboxylic acids is 1. The monoisotopic (exact) mass is 301 g/mol. The fourth-order valence-corrected chi connectivity index (χ4v) is 2.97. The number of benzene rings is 1. The summed E-state index contributed by atoms with van der Waals surface area (Å²) in [4.78, 5) is 13.9. The van der Waals surface area contributed by atoms with Crippen LogP contribution >= 0.6 is 23.2 Å². The van der Waals surface area contributed by atoms with Gasteiger partial charge in [0.25, 0.3) is 0 Å². The molecule has 1 amide bonds. The summed E-state index contributed by atoms with van der Waals surface area (Å²) in [7, 11) is 0. The van der Waals surface area contributed by atoms with Crippen molar-refractivity contribution in [3.8, 4) is 0 Å². The first-order valence-corrected chi connectivity index (χ1v) is 7.21. The molecule has 1 heterocycles. The molecule has 1 aromatic rings. The van der Waals surface area contributed by atoms with Crippen LogP contribution in [-0.2, 0) is 11.2 Å². The lowest BCUT2D eigenvalue weighted by Gasteiger charge is -2.23. The van der Waals surface area contributed by atoms with Gasteiger partial charge in [-0.15, -0.1) is 0 Å². The van der Waals surface area contributed by atoms with Crippen LogP contribution in [0.15, 0.2) is 18.2 Å². The lowest BCUT2D eigenvalue weighted by Crippen LogP contribution is -2.37. The number of aryl methyl sites for hydroxylation is 1. The maximum Gasteiger partial charge on any atom is 0.223 e. The number of aliphatic hydroxyl groups is 1. The Bertz CT molecular complexity index is 465. The highest BCUT2D eigenvalue weighted by Crippen LogP contribution is 2.23. The number of carbonyl (C=O) groups is 1. The summed E-state index contributed by atoms with van der Waals surface area (Å²) >= 11 is 11.9. The fraction of sp³-hybridized carbons (Fsp3) is 0.500. The Morgan fingerprint density at radius 2 is 2.21 bits per heavy atom. The molecule has 0 aromatic heterocycles. The number of rotatable bonds is 4. The van der Waals surface area contributed by atoms with Gasteiger partial charge in [0, 0.05) is 23.0 Å². The molecule has 1 aromatic carbocycles. The molecule has 19 heavy (non-hydrogen) atoms. The Kier molecular flexibility index (Phi) is 5.08. The first kappa shape index (κ1) is 14.6. The molecule has 1 aliphatic heterocycles. The van der Waals surface area contributed by atoms with Crippen molar-refractivity contribution in [2.75, 3.05) is 13.2 Å². The van der Waals surface area contributed by atoms with E-state index in [4.69, 9.17) is 23.2 Å². The van der Waals surface area contributed by atoms with Crippen molar-refractivity contribution >= 4 is 29.1 Å². The molecule has 0 saturated carbocycles. The molecule has 1 atom stereocenters. The van der Waals surface area contributed by atoms with E-state index in [0.717, 1.165) is 24.9 Å². The second-order valence-corrected chi connectivity index (χ2v) is 5.65. The molecular weight excluding hydrogens is 285 g/mol. The van der Waals surface area contributed by atoms with Crippen LogP contribution in [0.25, 0.3) is 0 Å². The Balaban J connectivity index is 1.93. The Hall–Kier alpha value is -0.770. The molecule has 1 unspecified atom stereocenters. The molecule has 3 nitrogen and oxygen atoms in total. The van der Waals surface area contributed by atoms with Gasteiger partial charge in [0.15, 0.2) is 0 Å². The summed E-state index contributed by atoms with van der Waals surface area (Å²) in [6.45, 7) is 0.797. The Morgan fingerprint density at radius 1 is 1.42 bits per heavy atom. The molecule has 1 fully saturated rings. The van der Waals surface area contributed by atoms with Gasteiger partial charge in [0.05, 0.1) is 12.6 Å². The van der Waals surface area contributed by atoms with Crippen LogP contribution in [0.2, 0.25) is 10.0 Å². The zero-order valence-electron chi connectivity index (χ0n) is 10.6. The highest BCUT2D eigenvalue weighted by Gasteiger charge is 2.27. The van der Waals surface area contributed by atoms with E-state index in [-0.39, 0.29) is 18.6 Å². The summed E-state index contributed by atoms with van der Waals surface area (Å²) in [5, 5.41) is 10.4. The smallest absolute Gasteiger partial charge is 0.223 e. The van der Waals surface area contributed by atoms with Crippen molar-refractivity contribution in [3.63, 3.8) is 0 Å². The summed E-state index contributed by atoms with van der Waals surface area (Å²) in [6.07, 6.45) is 2.88. The third-order valence-electron chi connectivity index (χ3n) is 3.53. The first-order valence-electron chi connectivity index (χ1n) is 6.46. The summed E-state index contributed by atoms with van der Waals surface area (Å²) < 4.78 is 0. The number of hydrogen-bond acceptors (Lipinski definition) is 2. The van der Waals surface area contributed by atoms with Crippen LogP contribution in [0.5, 0.6) is 0 Å². The maximum absolute atomic E-state index is 12.1. The molecule has 1 aliphatic rings. The van der Waals surface area contributed by atoms with E-state index < -0.39 is 0 Å². The highest BCUT2D eigenvalue weighted by molar-refractivity contribution is 6.35. The quantitative estimate of drug-likeness (QED) is 0.929. The fourth-order valence-electron chi connectivity index (χ4n) is 2.46. The minimum atomic E-state index is -0.00631. The molecule has 1 saturated heterocycles. The van der Waals surface area contributed by atoms with E-state index in [0.29, 0.717) is 22.9 Å². The Morgan fingerprint density at radius 3 is 2.89 bits per heavy atom. The lowest BCUT2D eigenvalue weighted by molar-refractivity contribution is -0.132. The summed E-state index contributed by atoms with van der Waals surface area (Å²) in [5.41, 5.74) is 0.930. The van der Waals surface area contributed by atoms with Crippen molar-refractivity contribution in [1.29, 1.82) is 0 Å². The van der Waals surface area contributed by atoms with E-state index in [9.17, 15) is 9.90 Å². The van der Waals surface area contributed by atoms with Gasteiger partial charge in [-0.25, -0.2) is 0 Å². The highest BCUT2D eigenvalue weighted by atomic mass is 35.5. The first-order chi connectivity index (χ1) is 9.11. The molecule has 2 rings (SSSR count). The van der Waals surface area contributed by atoms with Crippen LogP contribution in [0.3, 0.4) is 0 Å². The zero-order chi connectivity index (χ0) is 13.8. The number of aliphatic hydroxyl groups excluding tert-OH is 1. The van der Waals surface area contributed by atoms with Gasteiger partial charge in [-0.05, 0) is 37.0 Å². The van der Waals surface area contributed by atoms with Gasteiger partial charge < -0.3 is 10.0 Å². The largest absolute Gasteiger partial charge is 0.394 e. The van der Waals surface area contributed by atoms with Gasteiger partial charge in [0.1, 0.15) is 0 Å². The molecule has 104 valence electrons. The van der Waals surface area contributed by atoms with Gasteiger partial charge in [0.2, 0.25) is 5.91 Å². The van der Waals surface area contributed by atoms with E-state index in [1.54, 1.807) is 17.0 Å². The van der Waals surface area contributed by atoms with Crippen LogP contribution in [-0.4, -0.2) is 35.1 Å². The normalized spacial score (nSPS) is 18.9. The molecule has 0 bridgehead atoms. The summed E-state index contributed by atoms with van der Waals surface area (Å²) in [5.74, 6) is 0.0857. The van der Waals surface area contributed by atoms with Crippen molar-refractivity contribution in [1.82, 2.24) is 4.90 Å². The van der Waals surface area contributed by atoms with Crippen LogP contribution < -0.4 is 0 Å². The predicted molar refractivity (Wildman–Crippen MR) is 76.6 cm³/mol. The number of hydrogen-bond donors (Lipinski definition) is 1. The average molecular weight is 302 g/mol. The second kappa shape index (κ2) is 6.60. The van der Waals surface area contributed by atoms with Gasteiger partial charge in [-0.1, -0.05) is 29.3 Å². The second-order valence-electron chi connectivity index (χ2n) is 4.80. The van der Waals surface area contributed by atoms with Crippen LogP contribution in [0.1, 0.15) is 24.8 Å². The van der Waals surface area contributed by atoms with Gasteiger partial charge in [-0.2, -0.15) is 0 Å². The van der Waals surface area contributed by atoms with Crippen molar-refractivity contribution in [2.24, 2.45) is 0 Å². The van der Waals surface area contributed by atoms with E-state index in [2.05, 4.69) is 0 Å². The van der Waals surface area contributed by atoms with Crippen molar-refractivity contribution < 1.29 is 9.90 Å². The zero-order valence-corrected chi connectivity index (χ0v) is 12.1. The van der Waals surface area contributed by atoms with E-state index >= 15 is 0 Å². The lowest BCUT2D eigenvalue weighted by atomic mass is 10.1. The molecule has 0 spiro atoms. The number of likely N-dealkylation sites (tertiary alicyclic amines) is 1. The molecule has 1 N–H and O–H groups in total. The average Bonchev–Trinajstić information content (AvgIpc) is 2.85. The standard InChI is InChI=1S/C14H17Cl2NO2/c15-11-5-3-10(13(16)8-11)4-6-14(19)17-7-1-2-12(17)9-18/h3,5,8,12,18H,1-2,4,6-7,9H2. The molecule has 0 aliphatic carbocycles. The van der Waals surface area contributed by atoms with Crippen LogP contribution in [0.4, 0.5) is 0 Å². The minimum Gasteiger partial charge on any atom is -0.394 e. The summed E-state index contributed by atoms with van der Waals surface area (Å²) in [6, 6.07) is 5.31. The number of amides is 1. The minimum absolute atomic E-state index is 0.00631. The van der Waals surface area contributed by atoms with Gasteiger partial charge in [-0.3, -0.25) is 4.79 Å². The molecule has 0 radical (unpaired) electrons. The van der Waals surface area contributed by atoms with E-state index in [1.165, 1.54) is 0 Å². The van der Waals surface area contributed by atoms with Crippen molar-refractivity contribution in [3.05, 3.63) is 33.8 Å². The number of halogens is 2. The van der Waals surface area contributed by atoms with E-state index in [1.807, 2.05) is 6.07 Å². The third-order valence-corrected chi connectivity index (χ3v) is 4.12. The Labute approximate surface area is 123 Å². The van der Waals surface area contributed by atoms with Crippen molar-refractivity contribution in [2.45, 2.75) is 31.7 Å². The third kappa shape index (κ3) is 3.62. The van der Waals surface area contributed by atoms with Gasteiger partial charge >= 0.3 is 0 Å². The number of nitrogens with zero attached hydrogens (tertiary/aromatic N) is 1. The molecule has 5 heteroatoms. The van der Waals surface area contributed by atoms with Crippen LogP contribution in [0, 0.1) is 0 Å². The maximum atomic E-state index is 12.1. The SMILES string of the molecule is O=C(CCc1ccc(Cl)cc1Cl)N1CCCC1CO. The predicted octanol–water partition coefficient (Wildman–Crippen LogP) is 2.91.